The van der Waals surface area contributed by atoms with Crippen LogP contribution in [0.15, 0.2) is 85.1 Å². The van der Waals surface area contributed by atoms with E-state index in [4.69, 9.17) is 18.5 Å². The van der Waals surface area contributed by atoms with Gasteiger partial charge in [0.1, 0.15) is 19.8 Å². The van der Waals surface area contributed by atoms with Gasteiger partial charge in [-0.15, -0.1) is 0 Å². The fourth-order valence-electron chi connectivity index (χ4n) is 6.13. The molecule has 9 nitrogen and oxygen atoms in total. The Labute approximate surface area is 380 Å². The molecule has 10 heteroatoms. The Morgan fingerprint density at radius 2 is 0.919 bits per heavy atom. The summed E-state index contributed by atoms with van der Waals surface area (Å²) < 4.78 is 34.4. The van der Waals surface area contributed by atoms with E-state index in [1.807, 2.05) is 21.1 Å². The molecule has 0 radical (unpaired) electrons. The number of nitrogens with zero attached hydrogens (tertiary/aromatic N) is 1. The van der Waals surface area contributed by atoms with E-state index in [1.54, 1.807) is 0 Å². The maximum atomic E-state index is 12.7. The standard InChI is InChI=1S/C52H90NO8P/c1-6-8-10-12-14-16-18-20-22-24-26-28-30-32-34-36-38-40-42-44-51(54)58-48-50(49-60-62(56,57)59-47-46-53(3,4)5)61-52(55)45-43-41-39-37-35-33-31-29-27-25-23-21-19-17-15-13-11-9-7-2/h8,10,14-17,20-23,26,28,32,34,50H,6-7,9,11-13,18-19,24-25,27,29-31,33,35-49H2,1-5H3/p+1/b10-8-,16-14-,17-15-,22-20-,23-21-,28-26-,34-32-/t50-/m1/s1. The van der Waals surface area contributed by atoms with Crippen LogP contribution in [0, 0.1) is 0 Å². The van der Waals surface area contributed by atoms with Gasteiger partial charge < -0.3 is 18.9 Å². The van der Waals surface area contributed by atoms with Crippen LogP contribution in [0.5, 0.6) is 0 Å². The topological polar surface area (TPSA) is 108 Å². The van der Waals surface area contributed by atoms with Gasteiger partial charge in [-0.05, 0) is 89.9 Å². The molecular formula is C52H91NO8P+. The van der Waals surface area contributed by atoms with Crippen molar-refractivity contribution in [3.05, 3.63) is 85.1 Å². The number of rotatable bonds is 43. The second-order valence-electron chi connectivity index (χ2n) is 17.1. The zero-order valence-corrected chi connectivity index (χ0v) is 41.0. The van der Waals surface area contributed by atoms with Gasteiger partial charge in [0.15, 0.2) is 6.10 Å². The smallest absolute Gasteiger partial charge is 0.462 e. The number of hydrogen-bond donors (Lipinski definition) is 1. The molecule has 1 unspecified atom stereocenters. The summed E-state index contributed by atoms with van der Waals surface area (Å²) in [5.74, 6) is -0.846. The minimum atomic E-state index is -4.39. The molecule has 62 heavy (non-hydrogen) atoms. The van der Waals surface area contributed by atoms with Crippen molar-refractivity contribution < 1.29 is 42.1 Å². The Kier molecular flexibility index (Phi) is 41.5. The molecule has 0 aliphatic heterocycles. The number of likely N-dealkylation sites (N-methyl/N-ethyl adjacent to an activating group) is 1. The first kappa shape index (κ1) is 59.2. The summed E-state index contributed by atoms with van der Waals surface area (Å²) in [5.41, 5.74) is 0. The average molecular weight is 889 g/mol. The number of quaternary nitrogens is 1. The van der Waals surface area contributed by atoms with Crippen molar-refractivity contribution >= 4 is 19.8 Å². The summed E-state index contributed by atoms with van der Waals surface area (Å²) in [5, 5.41) is 0. The summed E-state index contributed by atoms with van der Waals surface area (Å²) in [6.45, 7) is 4.23. The highest BCUT2D eigenvalue weighted by molar-refractivity contribution is 7.47. The molecule has 0 rings (SSSR count). The number of ether oxygens (including phenoxy) is 2. The summed E-state index contributed by atoms with van der Waals surface area (Å²) in [6.07, 6.45) is 56.3. The predicted octanol–water partition coefficient (Wildman–Crippen LogP) is 14.4. The Bertz CT molecular complexity index is 1330. The second kappa shape index (κ2) is 43.4. The van der Waals surface area contributed by atoms with E-state index >= 15 is 0 Å². The van der Waals surface area contributed by atoms with Crippen LogP contribution in [-0.4, -0.2) is 74.9 Å². The van der Waals surface area contributed by atoms with Crippen molar-refractivity contribution in [2.24, 2.45) is 0 Å². The van der Waals surface area contributed by atoms with Crippen molar-refractivity contribution in [2.75, 3.05) is 47.5 Å². The van der Waals surface area contributed by atoms with E-state index in [9.17, 15) is 19.0 Å². The van der Waals surface area contributed by atoms with Gasteiger partial charge in [-0.3, -0.25) is 18.6 Å². The van der Waals surface area contributed by atoms with Crippen LogP contribution < -0.4 is 0 Å². The number of unbranched alkanes of at least 4 members (excludes halogenated alkanes) is 15. The van der Waals surface area contributed by atoms with Crippen molar-refractivity contribution in [1.82, 2.24) is 0 Å². The van der Waals surface area contributed by atoms with Crippen LogP contribution >= 0.6 is 7.82 Å². The second-order valence-corrected chi connectivity index (χ2v) is 18.6. The molecule has 0 aromatic heterocycles. The molecule has 0 spiro atoms. The summed E-state index contributed by atoms with van der Waals surface area (Å²) in [4.78, 5) is 35.5. The zero-order chi connectivity index (χ0) is 45.7. The lowest BCUT2D eigenvalue weighted by atomic mass is 10.1. The van der Waals surface area contributed by atoms with Crippen molar-refractivity contribution in [3.63, 3.8) is 0 Å². The molecule has 0 saturated carbocycles. The van der Waals surface area contributed by atoms with Crippen LogP contribution in [0.2, 0.25) is 0 Å². The third-order valence-electron chi connectivity index (χ3n) is 9.91. The van der Waals surface area contributed by atoms with Crippen LogP contribution in [0.3, 0.4) is 0 Å². The highest BCUT2D eigenvalue weighted by atomic mass is 31.2. The monoisotopic (exact) mass is 889 g/mol. The normalized spacial score (nSPS) is 14.2. The maximum Gasteiger partial charge on any atom is 0.472 e. The van der Waals surface area contributed by atoms with Gasteiger partial charge in [0, 0.05) is 12.8 Å². The van der Waals surface area contributed by atoms with Gasteiger partial charge in [-0.2, -0.15) is 0 Å². The van der Waals surface area contributed by atoms with Gasteiger partial charge in [0.05, 0.1) is 27.7 Å². The molecular weight excluding hydrogens is 798 g/mol. The molecule has 1 N–H and O–H groups in total. The van der Waals surface area contributed by atoms with Crippen molar-refractivity contribution in [3.8, 4) is 0 Å². The van der Waals surface area contributed by atoms with Crippen molar-refractivity contribution in [2.45, 2.75) is 187 Å². The van der Waals surface area contributed by atoms with Gasteiger partial charge in [-0.1, -0.05) is 163 Å². The Morgan fingerprint density at radius 3 is 1.39 bits per heavy atom. The number of esters is 2. The molecule has 0 saturated heterocycles. The molecule has 0 heterocycles. The number of hydrogen-bond acceptors (Lipinski definition) is 7. The predicted molar refractivity (Wildman–Crippen MR) is 261 cm³/mol. The lowest BCUT2D eigenvalue weighted by molar-refractivity contribution is -0.870. The number of carbonyl (C=O) groups is 2. The third kappa shape index (κ3) is 46.7. The van der Waals surface area contributed by atoms with E-state index in [1.165, 1.54) is 57.8 Å². The molecule has 0 aromatic rings. The first-order chi connectivity index (χ1) is 30.0. The van der Waals surface area contributed by atoms with E-state index in [0.29, 0.717) is 23.9 Å². The van der Waals surface area contributed by atoms with Gasteiger partial charge in [0.25, 0.3) is 0 Å². The molecule has 0 fully saturated rings. The minimum Gasteiger partial charge on any atom is -0.462 e. The van der Waals surface area contributed by atoms with Crippen LogP contribution in [0.1, 0.15) is 181 Å². The lowest BCUT2D eigenvalue weighted by Crippen LogP contribution is -2.37. The highest BCUT2D eigenvalue weighted by Crippen LogP contribution is 2.43. The van der Waals surface area contributed by atoms with Gasteiger partial charge in [-0.25, -0.2) is 4.57 Å². The van der Waals surface area contributed by atoms with E-state index in [-0.39, 0.29) is 26.1 Å². The zero-order valence-electron chi connectivity index (χ0n) is 40.1. The lowest BCUT2D eigenvalue weighted by Gasteiger charge is -2.24. The molecule has 2 atom stereocenters. The molecule has 0 aliphatic rings. The number of phosphoric acid groups is 1. The number of allylic oxidation sites excluding steroid dienone is 14. The Balaban J connectivity index is 4.38. The van der Waals surface area contributed by atoms with Crippen LogP contribution in [0.25, 0.3) is 0 Å². The highest BCUT2D eigenvalue weighted by Gasteiger charge is 2.27. The first-order valence-electron chi connectivity index (χ1n) is 24.3. The molecule has 356 valence electrons. The average Bonchev–Trinajstić information content (AvgIpc) is 3.23. The number of carbonyl (C=O) groups excluding carboxylic acids is 2. The van der Waals surface area contributed by atoms with E-state index < -0.39 is 32.5 Å². The van der Waals surface area contributed by atoms with Crippen LogP contribution in [-0.2, 0) is 32.7 Å². The Morgan fingerprint density at radius 1 is 0.516 bits per heavy atom. The summed E-state index contributed by atoms with van der Waals surface area (Å²) in [6, 6.07) is 0. The minimum absolute atomic E-state index is 0.0208. The maximum absolute atomic E-state index is 12.7. The van der Waals surface area contributed by atoms with E-state index in [2.05, 4.69) is 98.9 Å². The molecule has 0 aromatic carbocycles. The number of phosphoric ester groups is 1. The van der Waals surface area contributed by atoms with Gasteiger partial charge in [0.2, 0.25) is 0 Å². The SMILES string of the molecule is CC/C=C\C/C=C\C/C=C\C/C=C\C/C=C\CCCCCC(=O)OC[C@H](COP(=O)(O)OCC[N+](C)(C)C)OC(=O)CCCCCCCCCCC/C=C\C/C=C\CCCCC. The van der Waals surface area contributed by atoms with Crippen molar-refractivity contribution in [1.29, 1.82) is 0 Å². The summed E-state index contributed by atoms with van der Waals surface area (Å²) >= 11 is 0. The third-order valence-corrected chi connectivity index (χ3v) is 10.9. The molecule has 0 aliphatic carbocycles. The largest absolute Gasteiger partial charge is 0.472 e. The fourth-order valence-corrected chi connectivity index (χ4v) is 6.87. The van der Waals surface area contributed by atoms with E-state index in [0.717, 1.165) is 83.5 Å². The molecule has 0 bridgehead atoms. The fraction of sp³-hybridized carbons (Fsp3) is 0.692. The Hall–Kier alpha value is -2.81. The first-order valence-corrected chi connectivity index (χ1v) is 25.8. The van der Waals surface area contributed by atoms with Gasteiger partial charge >= 0.3 is 19.8 Å². The quantitative estimate of drug-likeness (QED) is 0.0212. The molecule has 0 amide bonds. The van der Waals surface area contributed by atoms with Crippen LogP contribution in [0.4, 0.5) is 0 Å². The summed E-state index contributed by atoms with van der Waals surface area (Å²) in [7, 11) is 1.44.